The van der Waals surface area contributed by atoms with E-state index in [1.165, 1.54) is 42.6 Å². The van der Waals surface area contributed by atoms with Crippen molar-refractivity contribution in [2.45, 2.75) is 13.5 Å². The first-order chi connectivity index (χ1) is 18.2. The number of hydrogen-bond donors (Lipinski definition) is 4. The molecule has 0 spiro atoms. The van der Waals surface area contributed by atoms with Gasteiger partial charge in [-0.2, -0.15) is 5.10 Å². The minimum Gasteiger partial charge on any atom is -0.462 e. The highest BCUT2D eigenvalue weighted by Crippen LogP contribution is 2.14. The van der Waals surface area contributed by atoms with Crippen LogP contribution in [0.3, 0.4) is 0 Å². The Bertz CT molecular complexity index is 1350. The summed E-state index contributed by atoms with van der Waals surface area (Å²) in [7, 11) is 0. The van der Waals surface area contributed by atoms with Crippen LogP contribution in [0, 0.1) is 0 Å². The smallest absolute Gasteiger partial charge is 0.338 e. The van der Waals surface area contributed by atoms with Crippen LogP contribution in [0.25, 0.3) is 0 Å². The number of amides is 4. The number of furan rings is 1. The maximum atomic E-state index is 12.1. The third-order valence-electron chi connectivity index (χ3n) is 4.63. The number of nitrogens with zero attached hydrogens (tertiary/aromatic N) is 1. The largest absolute Gasteiger partial charge is 0.462 e. The lowest BCUT2D eigenvalue weighted by atomic mass is 10.2. The first kappa shape index (κ1) is 27.8. The molecule has 3 aromatic rings. The molecule has 0 aliphatic carbocycles. The summed E-state index contributed by atoms with van der Waals surface area (Å²) in [5.41, 5.74) is 3.15. The zero-order chi connectivity index (χ0) is 27.5. The quantitative estimate of drug-likeness (QED) is 0.137. The number of benzene rings is 2. The molecule has 0 atom stereocenters. The molecule has 0 saturated heterocycles. The third kappa shape index (κ3) is 8.41. The van der Waals surface area contributed by atoms with Crippen molar-refractivity contribution in [1.82, 2.24) is 10.7 Å². The molecule has 0 saturated carbocycles. The molecule has 12 nitrogen and oxygen atoms in total. The molecule has 4 amide bonds. The molecule has 0 aliphatic heterocycles. The number of halogens is 1. The van der Waals surface area contributed by atoms with Gasteiger partial charge in [0.1, 0.15) is 11.5 Å². The number of carbonyl (C=O) groups is 5. The van der Waals surface area contributed by atoms with E-state index in [1.807, 2.05) is 0 Å². The second-order valence-corrected chi connectivity index (χ2v) is 8.31. The van der Waals surface area contributed by atoms with Crippen LogP contribution in [0.15, 0.2) is 74.7 Å². The molecule has 13 heteroatoms. The van der Waals surface area contributed by atoms with Gasteiger partial charge in [0.25, 0.3) is 0 Å². The number of nitrogens with one attached hydrogen (secondary N) is 4. The molecular weight excluding hydrogens is 562 g/mol. The normalized spacial score (nSPS) is 10.5. The van der Waals surface area contributed by atoms with Crippen molar-refractivity contribution in [1.29, 1.82) is 0 Å². The van der Waals surface area contributed by atoms with Gasteiger partial charge >= 0.3 is 29.6 Å². The predicted molar refractivity (Wildman–Crippen MR) is 140 cm³/mol. The highest BCUT2D eigenvalue weighted by Gasteiger charge is 2.15. The number of hydrazone groups is 1. The van der Waals surface area contributed by atoms with E-state index >= 15 is 0 Å². The fourth-order valence-corrected chi connectivity index (χ4v) is 3.09. The van der Waals surface area contributed by atoms with Gasteiger partial charge < -0.3 is 25.1 Å². The van der Waals surface area contributed by atoms with Crippen LogP contribution in [0.2, 0.25) is 0 Å². The Labute approximate surface area is 224 Å². The van der Waals surface area contributed by atoms with E-state index in [1.54, 1.807) is 31.2 Å². The molecule has 1 aromatic heterocycles. The van der Waals surface area contributed by atoms with Crippen LogP contribution in [0.4, 0.5) is 11.4 Å². The highest BCUT2D eigenvalue weighted by atomic mass is 79.9. The summed E-state index contributed by atoms with van der Waals surface area (Å²) in [4.78, 5) is 59.6. The fourth-order valence-electron chi connectivity index (χ4n) is 2.82. The van der Waals surface area contributed by atoms with Gasteiger partial charge in [-0.15, -0.1) is 0 Å². The van der Waals surface area contributed by atoms with Crippen LogP contribution >= 0.6 is 15.9 Å². The Morgan fingerprint density at radius 2 is 1.45 bits per heavy atom. The molecule has 0 bridgehead atoms. The van der Waals surface area contributed by atoms with Crippen molar-refractivity contribution < 1.29 is 33.1 Å². The van der Waals surface area contributed by atoms with Gasteiger partial charge in [-0.25, -0.2) is 10.2 Å². The molecule has 0 radical (unpaired) electrons. The number of carbonyl (C=O) groups excluding carboxylic acids is 5. The molecule has 3 rings (SSSR count). The van der Waals surface area contributed by atoms with Crippen LogP contribution in [-0.2, 0) is 30.5 Å². The van der Waals surface area contributed by atoms with E-state index in [-0.39, 0.29) is 18.9 Å². The zero-order valence-corrected chi connectivity index (χ0v) is 21.5. The molecule has 1 heterocycles. The zero-order valence-electron chi connectivity index (χ0n) is 19.9. The molecule has 4 N–H and O–H groups in total. The van der Waals surface area contributed by atoms with E-state index in [2.05, 4.69) is 42.4 Å². The molecule has 0 fully saturated rings. The molecule has 196 valence electrons. The van der Waals surface area contributed by atoms with Crippen molar-refractivity contribution in [2.24, 2.45) is 5.10 Å². The number of esters is 1. The molecule has 2 aromatic carbocycles. The Kier molecular flexibility index (Phi) is 9.88. The SMILES string of the molecule is CCOC(=O)c1ccc(NC(=O)C(=O)NCc2ccc(/C=N/NC(=O)C(=O)Nc3ccc(Br)cc3)o2)cc1. The third-order valence-corrected chi connectivity index (χ3v) is 5.16. The molecule has 38 heavy (non-hydrogen) atoms. The minimum atomic E-state index is -0.982. The predicted octanol–water partition coefficient (Wildman–Crippen LogP) is 2.56. The van der Waals surface area contributed by atoms with E-state index in [0.29, 0.717) is 22.7 Å². The summed E-state index contributed by atoms with van der Waals surface area (Å²) in [6, 6.07) is 15.6. The second kappa shape index (κ2) is 13.5. The standard InChI is InChI=1S/C25H22BrN5O7/c1-2-37-25(36)15-3-7-17(8-4-15)29-22(33)21(32)27-13-19-11-12-20(38-19)14-28-31-24(35)23(34)30-18-9-5-16(26)6-10-18/h3-12,14H,2,13H2,1H3,(H,27,32)(H,29,33)(H,30,34)(H,31,35)/b28-14+. The van der Waals surface area contributed by atoms with Gasteiger partial charge in [-0.3, -0.25) is 19.2 Å². The van der Waals surface area contributed by atoms with Crippen molar-refractivity contribution >= 4 is 63.1 Å². The van der Waals surface area contributed by atoms with Crippen LogP contribution in [0.5, 0.6) is 0 Å². The average molecular weight is 584 g/mol. The summed E-state index contributed by atoms with van der Waals surface area (Å²) in [5.74, 6) is -3.65. The first-order valence-electron chi connectivity index (χ1n) is 11.1. The van der Waals surface area contributed by atoms with Gasteiger partial charge in [0.2, 0.25) is 0 Å². The second-order valence-electron chi connectivity index (χ2n) is 7.40. The Hall–Kier alpha value is -4.78. The Balaban J connectivity index is 1.42. The summed E-state index contributed by atoms with van der Waals surface area (Å²) >= 11 is 3.27. The van der Waals surface area contributed by atoms with Crippen molar-refractivity contribution in [3.8, 4) is 0 Å². The van der Waals surface area contributed by atoms with Crippen molar-refractivity contribution in [3.05, 3.63) is 82.2 Å². The Morgan fingerprint density at radius 1 is 0.842 bits per heavy atom. The lowest BCUT2D eigenvalue weighted by molar-refractivity contribution is -0.136. The van der Waals surface area contributed by atoms with Crippen molar-refractivity contribution in [3.63, 3.8) is 0 Å². The van der Waals surface area contributed by atoms with Gasteiger partial charge in [0.15, 0.2) is 0 Å². The van der Waals surface area contributed by atoms with Crippen LogP contribution < -0.4 is 21.4 Å². The summed E-state index contributed by atoms with van der Waals surface area (Å²) in [5, 5.41) is 10.9. The van der Waals surface area contributed by atoms with Crippen molar-refractivity contribution in [2.75, 3.05) is 17.2 Å². The van der Waals surface area contributed by atoms with E-state index in [4.69, 9.17) is 9.15 Å². The summed E-state index contributed by atoms with van der Waals surface area (Å²) < 4.78 is 11.1. The lowest BCUT2D eigenvalue weighted by Gasteiger charge is -2.07. The molecule has 0 unspecified atom stereocenters. The number of ether oxygens (including phenoxy) is 1. The van der Waals surface area contributed by atoms with Gasteiger partial charge in [0.05, 0.1) is 24.9 Å². The van der Waals surface area contributed by atoms with Gasteiger partial charge in [-0.05, 0) is 67.6 Å². The highest BCUT2D eigenvalue weighted by molar-refractivity contribution is 9.10. The monoisotopic (exact) mass is 583 g/mol. The first-order valence-corrected chi connectivity index (χ1v) is 11.9. The number of rotatable bonds is 8. The van der Waals surface area contributed by atoms with E-state index in [0.717, 1.165) is 4.47 Å². The Morgan fingerprint density at radius 3 is 2.08 bits per heavy atom. The molecular formula is C25H22BrN5O7. The van der Waals surface area contributed by atoms with Crippen LogP contribution in [-0.4, -0.2) is 42.4 Å². The number of anilines is 2. The summed E-state index contributed by atoms with van der Waals surface area (Å²) in [6.07, 6.45) is 1.17. The fraction of sp³-hybridized carbons (Fsp3) is 0.120. The summed E-state index contributed by atoms with van der Waals surface area (Å²) in [6.45, 7) is 1.84. The maximum Gasteiger partial charge on any atom is 0.338 e. The van der Waals surface area contributed by atoms with Gasteiger partial charge in [0, 0.05) is 15.8 Å². The lowest BCUT2D eigenvalue weighted by Crippen LogP contribution is -2.34. The molecule has 0 aliphatic rings. The number of hydrogen-bond acceptors (Lipinski definition) is 8. The minimum absolute atomic E-state index is 0.0934. The topological polar surface area (TPSA) is 168 Å². The maximum absolute atomic E-state index is 12.1. The van der Waals surface area contributed by atoms with E-state index in [9.17, 15) is 24.0 Å². The average Bonchev–Trinajstić information content (AvgIpc) is 3.36. The van der Waals surface area contributed by atoms with E-state index < -0.39 is 29.6 Å². The van der Waals surface area contributed by atoms with Gasteiger partial charge in [-0.1, -0.05) is 15.9 Å². The van der Waals surface area contributed by atoms with Crippen LogP contribution in [0.1, 0.15) is 28.8 Å².